The smallest absolute Gasteiger partial charge is 0.114 e. The Labute approximate surface area is 56.8 Å². The summed E-state index contributed by atoms with van der Waals surface area (Å²) in [6.45, 7) is 8.76. The van der Waals surface area contributed by atoms with Crippen LogP contribution in [0.4, 0.5) is 0 Å². The maximum absolute atomic E-state index is 5.73. The van der Waals surface area contributed by atoms with Crippen LogP contribution in [-0.2, 0) is 0 Å². The monoisotopic (exact) mass is 127 g/mol. The van der Waals surface area contributed by atoms with E-state index in [4.69, 9.17) is 5.84 Å². The third kappa shape index (κ3) is 3.94. The highest BCUT2D eigenvalue weighted by molar-refractivity contribution is 4.68. The summed E-state index contributed by atoms with van der Waals surface area (Å²) in [7, 11) is 1.93. The molecule has 0 aliphatic carbocycles. The molecule has 0 fully saturated rings. The van der Waals surface area contributed by atoms with Crippen molar-refractivity contribution in [2.24, 2.45) is 5.84 Å². The Hall–Kier alpha value is -0.600. The Bertz CT molecular complexity index is 93.5. The van der Waals surface area contributed by atoms with Gasteiger partial charge in [-0.05, 0) is 12.2 Å². The van der Waals surface area contributed by atoms with Crippen molar-refractivity contribution < 1.29 is 4.59 Å². The minimum Gasteiger partial charge on any atom is -0.244 e. The fourth-order valence-electron chi connectivity index (χ4n) is 0.664. The zero-order valence-corrected chi connectivity index (χ0v) is 6.01. The molecule has 0 saturated carbocycles. The molecule has 0 atom stereocenters. The lowest BCUT2D eigenvalue weighted by Gasteiger charge is -2.24. The number of rotatable bonds is 4. The molecule has 0 unspecified atom stereocenters. The molecule has 0 bridgehead atoms. The zero-order chi connectivity index (χ0) is 7.33. The Morgan fingerprint density at radius 3 is 1.89 bits per heavy atom. The minimum atomic E-state index is 0.451. The number of hydrogen-bond acceptors (Lipinski definition) is 1. The van der Waals surface area contributed by atoms with Crippen molar-refractivity contribution in [3.63, 3.8) is 0 Å². The van der Waals surface area contributed by atoms with Gasteiger partial charge < -0.3 is 0 Å². The first-order valence-electron chi connectivity index (χ1n) is 2.97. The van der Waals surface area contributed by atoms with E-state index in [1.807, 2.05) is 19.2 Å². The number of nitrogens with two attached hydrogens (primary N) is 1. The maximum atomic E-state index is 5.73. The molecule has 0 amide bonds. The summed E-state index contributed by atoms with van der Waals surface area (Å²) in [4.78, 5) is 0. The molecule has 0 heterocycles. The largest absolute Gasteiger partial charge is 0.244 e. The first-order chi connectivity index (χ1) is 4.12. The molecule has 0 aliphatic rings. The zero-order valence-electron chi connectivity index (χ0n) is 6.01. The van der Waals surface area contributed by atoms with E-state index < -0.39 is 0 Å². The molecular formula is C7H15N2+. The lowest BCUT2D eigenvalue weighted by Crippen LogP contribution is -2.50. The average Bonchev–Trinajstić information content (AvgIpc) is 1.64. The van der Waals surface area contributed by atoms with Gasteiger partial charge in [-0.25, -0.2) is 4.59 Å². The van der Waals surface area contributed by atoms with E-state index in [9.17, 15) is 0 Å². The quantitative estimate of drug-likeness (QED) is 0.255. The van der Waals surface area contributed by atoms with Crippen molar-refractivity contribution in [2.75, 3.05) is 20.1 Å². The number of quaternary nitrogens is 1. The third-order valence-electron chi connectivity index (χ3n) is 1.09. The Balaban J connectivity index is 3.68. The molecule has 0 aliphatic heterocycles. The van der Waals surface area contributed by atoms with Crippen molar-refractivity contribution in [1.82, 2.24) is 0 Å². The van der Waals surface area contributed by atoms with Crippen LogP contribution >= 0.6 is 0 Å². The van der Waals surface area contributed by atoms with Crippen molar-refractivity contribution in [2.45, 2.75) is 0 Å². The fourth-order valence-corrected chi connectivity index (χ4v) is 0.664. The number of nitrogens with zero attached hydrogens (tertiary/aromatic N) is 1. The second kappa shape index (κ2) is 3.43. The molecule has 0 saturated heterocycles. The van der Waals surface area contributed by atoms with Gasteiger partial charge in [-0.1, -0.05) is 13.2 Å². The van der Waals surface area contributed by atoms with Gasteiger partial charge in [0.1, 0.15) is 13.1 Å². The number of hydrogen-bond donors (Lipinski definition) is 1. The van der Waals surface area contributed by atoms with Gasteiger partial charge in [-0.3, -0.25) is 0 Å². The van der Waals surface area contributed by atoms with Gasteiger partial charge in [0.15, 0.2) is 0 Å². The topological polar surface area (TPSA) is 26.0 Å². The number of likely N-dealkylation sites (N-methyl/N-ethyl adjacent to an activating group) is 1. The summed E-state index contributed by atoms with van der Waals surface area (Å²) >= 11 is 0. The van der Waals surface area contributed by atoms with Gasteiger partial charge in [0.25, 0.3) is 0 Å². The molecule has 2 nitrogen and oxygen atoms in total. The van der Waals surface area contributed by atoms with Crippen LogP contribution in [0.3, 0.4) is 0 Å². The first kappa shape index (κ1) is 8.40. The van der Waals surface area contributed by atoms with Gasteiger partial charge in [0.05, 0.1) is 7.05 Å². The molecule has 0 aromatic heterocycles. The van der Waals surface area contributed by atoms with E-state index in [1.165, 1.54) is 0 Å². The second-order valence-electron chi connectivity index (χ2n) is 2.42. The van der Waals surface area contributed by atoms with Crippen LogP contribution in [0.2, 0.25) is 0 Å². The van der Waals surface area contributed by atoms with Gasteiger partial charge >= 0.3 is 0 Å². The van der Waals surface area contributed by atoms with Crippen molar-refractivity contribution in [3.05, 3.63) is 25.3 Å². The molecule has 52 valence electrons. The van der Waals surface area contributed by atoms with E-state index in [1.54, 1.807) is 0 Å². The van der Waals surface area contributed by atoms with Crippen LogP contribution in [0.15, 0.2) is 25.3 Å². The van der Waals surface area contributed by atoms with E-state index >= 15 is 0 Å². The van der Waals surface area contributed by atoms with Crippen LogP contribution in [0, 0.1) is 0 Å². The van der Waals surface area contributed by atoms with Crippen LogP contribution in [0.1, 0.15) is 0 Å². The van der Waals surface area contributed by atoms with Crippen LogP contribution in [0.25, 0.3) is 0 Å². The van der Waals surface area contributed by atoms with Gasteiger partial charge in [-0.2, -0.15) is 5.84 Å². The maximum Gasteiger partial charge on any atom is 0.114 e. The van der Waals surface area contributed by atoms with E-state index in [-0.39, 0.29) is 0 Å². The van der Waals surface area contributed by atoms with Crippen LogP contribution in [-0.4, -0.2) is 24.7 Å². The van der Waals surface area contributed by atoms with Crippen LogP contribution < -0.4 is 5.84 Å². The van der Waals surface area contributed by atoms with Crippen molar-refractivity contribution in [1.29, 1.82) is 0 Å². The summed E-state index contributed by atoms with van der Waals surface area (Å²) in [5, 5.41) is 0. The summed E-state index contributed by atoms with van der Waals surface area (Å²) in [5.41, 5.74) is 0. The van der Waals surface area contributed by atoms with E-state index in [0.717, 1.165) is 13.1 Å². The highest BCUT2D eigenvalue weighted by Gasteiger charge is 2.09. The van der Waals surface area contributed by atoms with Gasteiger partial charge in [0.2, 0.25) is 0 Å². The molecule has 2 N–H and O–H groups in total. The fraction of sp³-hybridized carbons (Fsp3) is 0.429. The lowest BCUT2D eigenvalue weighted by molar-refractivity contribution is -0.910. The summed E-state index contributed by atoms with van der Waals surface area (Å²) < 4.78 is 0.451. The SMILES string of the molecule is C=CC[N+](C)(N)CC=C. The van der Waals surface area contributed by atoms with Crippen molar-refractivity contribution in [3.8, 4) is 0 Å². The molecule has 0 aromatic rings. The molecule has 9 heavy (non-hydrogen) atoms. The summed E-state index contributed by atoms with van der Waals surface area (Å²) in [6.07, 6.45) is 3.62. The standard InChI is InChI=1S/C7H15N2/c1-4-6-9(3,8)7-5-2/h4-5H,1-2,6-8H2,3H3/q+1. The van der Waals surface area contributed by atoms with E-state index in [0.29, 0.717) is 4.59 Å². The third-order valence-corrected chi connectivity index (χ3v) is 1.09. The Morgan fingerprint density at radius 2 is 1.67 bits per heavy atom. The van der Waals surface area contributed by atoms with Crippen molar-refractivity contribution >= 4 is 0 Å². The second-order valence-corrected chi connectivity index (χ2v) is 2.42. The summed E-state index contributed by atoms with van der Waals surface area (Å²) in [6, 6.07) is 0. The van der Waals surface area contributed by atoms with Crippen LogP contribution in [0.5, 0.6) is 0 Å². The molecule has 0 spiro atoms. The predicted octanol–water partition coefficient (Wildman–Crippen LogP) is 0.679. The first-order valence-corrected chi connectivity index (χ1v) is 2.97. The minimum absolute atomic E-state index is 0.451. The molecule has 0 aromatic carbocycles. The highest BCUT2D eigenvalue weighted by atomic mass is 15.6. The normalized spacial score (nSPS) is 10.9. The van der Waals surface area contributed by atoms with Gasteiger partial charge in [0, 0.05) is 0 Å². The predicted molar refractivity (Wildman–Crippen MR) is 40.5 cm³/mol. The van der Waals surface area contributed by atoms with Gasteiger partial charge in [-0.15, -0.1) is 0 Å². The summed E-state index contributed by atoms with van der Waals surface area (Å²) in [5.74, 6) is 5.73. The highest BCUT2D eigenvalue weighted by Crippen LogP contribution is 1.90. The lowest BCUT2D eigenvalue weighted by atomic mass is 10.4. The Kier molecular flexibility index (Phi) is 3.20. The molecule has 0 rings (SSSR count). The Morgan fingerprint density at radius 1 is 1.33 bits per heavy atom. The van der Waals surface area contributed by atoms with E-state index in [2.05, 4.69) is 13.2 Å². The molecule has 0 radical (unpaired) electrons. The molecule has 2 heteroatoms. The average molecular weight is 127 g/mol. The molecular weight excluding hydrogens is 112 g/mol.